The highest BCUT2D eigenvalue weighted by Gasteiger charge is 2.48. The second-order valence-electron chi connectivity index (χ2n) is 7.39. The van der Waals surface area contributed by atoms with Crippen LogP contribution in [0, 0.1) is 0 Å². The first kappa shape index (κ1) is 17.9. The van der Waals surface area contributed by atoms with Crippen molar-refractivity contribution in [2.24, 2.45) is 0 Å². The van der Waals surface area contributed by atoms with Crippen LogP contribution in [-0.2, 0) is 11.8 Å². The summed E-state index contributed by atoms with van der Waals surface area (Å²) < 4.78 is 10.6. The van der Waals surface area contributed by atoms with Crippen molar-refractivity contribution in [3.8, 4) is 11.5 Å². The lowest BCUT2D eigenvalue weighted by atomic mass is 9.72. The molecule has 2 aliphatic rings. The molecule has 4 rings (SSSR count). The number of hydrogen-bond acceptors (Lipinski definition) is 4. The SMILES string of the molecule is COc1ccc(C(=O)N2CCC3(CC2)c2ccccc2CC3O)c(OC)c1. The number of carbonyl (C=O) groups is 1. The standard InChI is InChI=1S/C22H25NO4/c1-26-16-7-8-17(19(14-16)27-2)21(25)23-11-9-22(10-12-23)18-6-4-3-5-15(18)13-20(22)24/h3-8,14,20,24H,9-13H2,1-2H3. The van der Waals surface area contributed by atoms with E-state index in [9.17, 15) is 9.90 Å². The molecule has 1 saturated heterocycles. The van der Waals surface area contributed by atoms with Crippen molar-refractivity contribution in [1.29, 1.82) is 0 Å². The van der Waals surface area contributed by atoms with Crippen molar-refractivity contribution in [3.05, 3.63) is 59.2 Å². The Hall–Kier alpha value is -2.53. The number of aliphatic hydroxyl groups is 1. The Morgan fingerprint density at radius 2 is 1.85 bits per heavy atom. The van der Waals surface area contributed by atoms with E-state index in [1.54, 1.807) is 32.4 Å². The van der Waals surface area contributed by atoms with Crippen LogP contribution in [0.15, 0.2) is 42.5 Å². The molecule has 1 fully saturated rings. The number of amides is 1. The van der Waals surface area contributed by atoms with E-state index in [2.05, 4.69) is 12.1 Å². The van der Waals surface area contributed by atoms with Crippen molar-refractivity contribution in [2.75, 3.05) is 27.3 Å². The van der Waals surface area contributed by atoms with Gasteiger partial charge in [-0.1, -0.05) is 24.3 Å². The molecule has 1 amide bonds. The van der Waals surface area contributed by atoms with E-state index in [0.29, 0.717) is 36.6 Å². The van der Waals surface area contributed by atoms with Gasteiger partial charge in [-0.25, -0.2) is 0 Å². The van der Waals surface area contributed by atoms with Crippen molar-refractivity contribution in [1.82, 2.24) is 4.90 Å². The van der Waals surface area contributed by atoms with E-state index in [-0.39, 0.29) is 17.4 Å². The fourth-order valence-electron chi connectivity index (χ4n) is 4.62. The first-order valence-corrected chi connectivity index (χ1v) is 9.37. The predicted octanol–water partition coefficient (Wildman–Crippen LogP) is 2.79. The van der Waals surface area contributed by atoms with Crippen LogP contribution < -0.4 is 9.47 Å². The fourth-order valence-corrected chi connectivity index (χ4v) is 4.62. The lowest BCUT2D eigenvalue weighted by Gasteiger charge is -2.42. The molecule has 2 aromatic carbocycles. The van der Waals surface area contributed by atoms with E-state index in [4.69, 9.17) is 9.47 Å². The van der Waals surface area contributed by atoms with Gasteiger partial charge in [0.15, 0.2) is 0 Å². The number of fused-ring (bicyclic) bond motifs is 2. The molecular formula is C22H25NO4. The van der Waals surface area contributed by atoms with E-state index in [0.717, 1.165) is 12.8 Å². The molecule has 1 aliphatic heterocycles. The number of carbonyl (C=O) groups excluding carboxylic acids is 1. The van der Waals surface area contributed by atoms with E-state index in [1.807, 2.05) is 17.0 Å². The highest BCUT2D eigenvalue weighted by atomic mass is 16.5. The summed E-state index contributed by atoms with van der Waals surface area (Å²) in [4.78, 5) is 14.9. The molecule has 1 aliphatic carbocycles. The molecule has 1 heterocycles. The Morgan fingerprint density at radius 3 is 2.56 bits per heavy atom. The fraction of sp³-hybridized carbons (Fsp3) is 0.409. The van der Waals surface area contributed by atoms with Crippen LogP contribution in [0.3, 0.4) is 0 Å². The molecular weight excluding hydrogens is 342 g/mol. The zero-order valence-corrected chi connectivity index (χ0v) is 15.8. The molecule has 1 spiro atoms. The Kier molecular flexibility index (Phi) is 4.56. The second kappa shape index (κ2) is 6.89. The maximum absolute atomic E-state index is 13.1. The molecule has 5 nitrogen and oxygen atoms in total. The van der Waals surface area contributed by atoms with Crippen molar-refractivity contribution >= 4 is 5.91 Å². The van der Waals surface area contributed by atoms with Crippen LogP contribution >= 0.6 is 0 Å². The first-order chi connectivity index (χ1) is 13.1. The zero-order valence-electron chi connectivity index (χ0n) is 15.8. The van der Waals surface area contributed by atoms with Crippen LogP contribution in [0.2, 0.25) is 0 Å². The minimum Gasteiger partial charge on any atom is -0.497 e. The van der Waals surface area contributed by atoms with Crippen molar-refractivity contribution in [2.45, 2.75) is 30.8 Å². The van der Waals surface area contributed by atoms with E-state index >= 15 is 0 Å². The molecule has 1 atom stereocenters. The van der Waals surface area contributed by atoms with Gasteiger partial charge >= 0.3 is 0 Å². The predicted molar refractivity (Wildman–Crippen MR) is 103 cm³/mol. The van der Waals surface area contributed by atoms with Gasteiger partial charge in [-0.05, 0) is 42.5 Å². The third-order valence-corrected chi connectivity index (χ3v) is 6.19. The summed E-state index contributed by atoms with van der Waals surface area (Å²) in [7, 11) is 3.15. The summed E-state index contributed by atoms with van der Waals surface area (Å²) >= 11 is 0. The number of methoxy groups -OCH3 is 2. The minimum atomic E-state index is -0.373. The maximum Gasteiger partial charge on any atom is 0.257 e. The quantitative estimate of drug-likeness (QED) is 0.906. The molecule has 0 radical (unpaired) electrons. The van der Waals surface area contributed by atoms with Gasteiger partial charge in [-0.15, -0.1) is 0 Å². The molecule has 1 unspecified atom stereocenters. The van der Waals surface area contributed by atoms with Crippen LogP contribution in [0.1, 0.15) is 34.3 Å². The molecule has 2 aromatic rings. The van der Waals surface area contributed by atoms with Crippen LogP contribution in [0.4, 0.5) is 0 Å². The Labute approximate surface area is 159 Å². The maximum atomic E-state index is 13.1. The topological polar surface area (TPSA) is 59.0 Å². The number of aliphatic hydroxyl groups excluding tert-OH is 1. The van der Waals surface area contributed by atoms with Gasteiger partial charge in [-0.3, -0.25) is 4.79 Å². The highest BCUT2D eigenvalue weighted by molar-refractivity contribution is 5.97. The van der Waals surface area contributed by atoms with Crippen LogP contribution in [0.5, 0.6) is 11.5 Å². The van der Waals surface area contributed by atoms with Crippen molar-refractivity contribution < 1.29 is 19.4 Å². The van der Waals surface area contributed by atoms with E-state index in [1.165, 1.54) is 11.1 Å². The normalized spacial score (nSPS) is 20.4. The number of hydrogen-bond donors (Lipinski definition) is 1. The van der Waals surface area contributed by atoms with Gasteiger partial charge < -0.3 is 19.5 Å². The summed E-state index contributed by atoms with van der Waals surface area (Å²) in [5, 5.41) is 10.8. The lowest BCUT2D eigenvalue weighted by molar-refractivity contribution is 0.0364. The number of benzene rings is 2. The van der Waals surface area contributed by atoms with Gasteiger partial charge in [0.05, 0.1) is 25.9 Å². The van der Waals surface area contributed by atoms with Gasteiger partial charge in [0.25, 0.3) is 5.91 Å². The number of nitrogens with zero attached hydrogens (tertiary/aromatic N) is 1. The lowest BCUT2D eigenvalue weighted by Crippen LogP contribution is -2.49. The summed E-state index contributed by atoms with van der Waals surface area (Å²) in [5.74, 6) is 1.14. The molecule has 0 bridgehead atoms. The summed E-state index contributed by atoms with van der Waals surface area (Å²) in [6.45, 7) is 1.25. The molecule has 0 aromatic heterocycles. The van der Waals surface area contributed by atoms with Gasteiger partial charge in [0, 0.05) is 24.6 Å². The van der Waals surface area contributed by atoms with Crippen molar-refractivity contribution in [3.63, 3.8) is 0 Å². The smallest absolute Gasteiger partial charge is 0.257 e. The zero-order chi connectivity index (χ0) is 19.0. The Morgan fingerprint density at radius 1 is 1.11 bits per heavy atom. The monoisotopic (exact) mass is 367 g/mol. The van der Waals surface area contributed by atoms with Gasteiger partial charge in [0.2, 0.25) is 0 Å². The summed E-state index contributed by atoms with van der Waals surface area (Å²) in [6, 6.07) is 13.6. The largest absolute Gasteiger partial charge is 0.497 e. The third-order valence-electron chi connectivity index (χ3n) is 6.19. The second-order valence-corrected chi connectivity index (χ2v) is 7.39. The Bertz CT molecular complexity index is 855. The number of likely N-dealkylation sites (tertiary alicyclic amines) is 1. The van der Waals surface area contributed by atoms with Gasteiger partial charge in [0.1, 0.15) is 11.5 Å². The first-order valence-electron chi connectivity index (χ1n) is 9.37. The number of piperidine rings is 1. The Balaban J connectivity index is 1.54. The summed E-state index contributed by atoms with van der Waals surface area (Å²) in [5.41, 5.74) is 2.81. The van der Waals surface area contributed by atoms with Gasteiger partial charge in [-0.2, -0.15) is 0 Å². The average Bonchev–Trinajstić information content (AvgIpc) is 2.99. The van der Waals surface area contributed by atoms with E-state index < -0.39 is 0 Å². The minimum absolute atomic E-state index is 0.0369. The molecule has 1 N–H and O–H groups in total. The van der Waals surface area contributed by atoms with Crippen LogP contribution in [0.25, 0.3) is 0 Å². The molecule has 5 heteroatoms. The highest BCUT2D eigenvalue weighted by Crippen LogP contribution is 2.46. The molecule has 27 heavy (non-hydrogen) atoms. The third kappa shape index (κ3) is 2.86. The van der Waals surface area contributed by atoms with Crippen LogP contribution in [-0.4, -0.2) is 49.3 Å². The average molecular weight is 367 g/mol. The number of rotatable bonds is 3. The molecule has 142 valence electrons. The number of ether oxygens (including phenoxy) is 2. The molecule has 0 saturated carbocycles. The summed E-state index contributed by atoms with van der Waals surface area (Å²) in [6.07, 6.45) is 1.88.